The van der Waals surface area contributed by atoms with Crippen molar-refractivity contribution >= 4 is 11.7 Å². The van der Waals surface area contributed by atoms with Crippen LogP contribution in [0.2, 0.25) is 0 Å². The Morgan fingerprint density at radius 3 is 2.94 bits per heavy atom. The Morgan fingerprint density at radius 2 is 2.35 bits per heavy atom. The summed E-state index contributed by atoms with van der Waals surface area (Å²) in [5.41, 5.74) is 0. The van der Waals surface area contributed by atoms with Crippen molar-refractivity contribution in [3.05, 3.63) is 46.2 Å². The molecule has 0 amide bonds. The fraction of sp³-hybridized carbons (Fsp3) is 0.200. The SMILES string of the molecule is CCn1ccnc1C(=O)c1ccc([N+](=O)[O-])o1. The van der Waals surface area contributed by atoms with Crippen molar-refractivity contribution in [3.8, 4) is 0 Å². The summed E-state index contributed by atoms with van der Waals surface area (Å²) in [5.74, 6) is -0.803. The number of hydrogen-bond donors (Lipinski definition) is 0. The molecule has 17 heavy (non-hydrogen) atoms. The van der Waals surface area contributed by atoms with Gasteiger partial charge in [0.2, 0.25) is 0 Å². The molecule has 0 aromatic carbocycles. The van der Waals surface area contributed by atoms with Gasteiger partial charge in [-0.2, -0.15) is 0 Å². The smallest absolute Gasteiger partial charge is 0.397 e. The molecular weight excluding hydrogens is 226 g/mol. The molecule has 0 atom stereocenters. The first-order chi connectivity index (χ1) is 8.13. The van der Waals surface area contributed by atoms with Gasteiger partial charge in [0.05, 0.1) is 6.07 Å². The van der Waals surface area contributed by atoms with Crippen LogP contribution < -0.4 is 0 Å². The van der Waals surface area contributed by atoms with Gasteiger partial charge in [0.15, 0.2) is 11.6 Å². The van der Waals surface area contributed by atoms with Crippen LogP contribution in [0.15, 0.2) is 28.9 Å². The van der Waals surface area contributed by atoms with Gasteiger partial charge < -0.3 is 8.98 Å². The Labute approximate surface area is 95.8 Å². The fourth-order valence-electron chi connectivity index (χ4n) is 1.43. The van der Waals surface area contributed by atoms with Gasteiger partial charge in [0, 0.05) is 18.9 Å². The molecule has 2 rings (SSSR count). The van der Waals surface area contributed by atoms with Crippen molar-refractivity contribution in [1.29, 1.82) is 0 Å². The number of aromatic nitrogens is 2. The number of carbonyl (C=O) groups is 1. The fourth-order valence-corrected chi connectivity index (χ4v) is 1.43. The summed E-state index contributed by atoms with van der Waals surface area (Å²) in [6.07, 6.45) is 3.15. The van der Waals surface area contributed by atoms with E-state index in [2.05, 4.69) is 4.98 Å². The first-order valence-corrected chi connectivity index (χ1v) is 4.93. The normalized spacial score (nSPS) is 10.4. The van der Waals surface area contributed by atoms with Crippen LogP contribution in [-0.4, -0.2) is 20.3 Å². The molecule has 0 saturated heterocycles. The molecule has 0 spiro atoms. The highest BCUT2D eigenvalue weighted by Crippen LogP contribution is 2.18. The van der Waals surface area contributed by atoms with Gasteiger partial charge in [-0.3, -0.25) is 14.9 Å². The maximum atomic E-state index is 11.9. The van der Waals surface area contributed by atoms with Crippen molar-refractivity contribution in [1.82, 2.24) is 9.55 Å². The molecule has 0 aliphatic heterocycles. The number of aryl methyl sites for hydroxylation is 1. The van der Waals surface area contributed by atoms with Gasteiger partial charge in [-0.25, -0.2) is 4.98 Å². The van der Waals surface area contributed by atoms with E-state index in [1.54, 1.807) is 10.8 Å². The molecule has 0 aliphatic rings. The van der Waals surface area contributed by atoms with Gasteiger partial charge in [0.25, 0.3) is 5.78 Å². The Morgan fingerprint density at radius 1 is 1.59 bits per heavy atom. The van der Waals surface area contributed by atoms with Crippen LogP contribution in [-0.2, 0) is 6.54 Å². The summed E-state index contributed by atoms with van der Waals surface area (Å²) < 4.78 is 6.46. The van der Waals surface area contributed by atoms with E-state index in [4.69, 9.17) is 4.42 Å². The second-order valence-corrected chi connectivity index (χ2v) is 3.26. The van der Waals surface area contributed by atoms with Crippen LogP contribution in [0.3, 0.4) is 0 Å². The predicted molar refractivity (Wildman–Crippen MR) is 56.7 cm³/mol. The molecule has 0 aliphatic carbocycles. The molecule has 0 fully saturated rings. The predicted octanol–water partition coefficient (Wildman–Crippen LogP) is 1.64. The molecule has 2 heterocycles. The summed E-state index contributed by atoms with van der Waals surface area (Å²) in [5, 5.41) is 10.4. The number of imidazole rings is 1. The summed E-state index contributed by atoms with van der Waals surface area (Å²) >= 11 is 0. The van der Waals surface area contributed by atoms with Crippen molar-refractivity contribution in [2.75, 3.05) is 0 Å². The third kappa shape index (κ3) is 1.94. The molecule has 2 aromatic rings. The molecule has 7 heteroatoms. The van der Waals surface area contributed by atoms with Crippen LogP contribution in [0.1, 0.15) is 23.3 Å². The highest BCUT2D eigenvalue weighted by Gasteiger charge is 2.21. The van der Waals surface area contributed by atoms with E-state index >= 15 is 0 Å². The maximum Gasteiger partial charge on any atom is 0.433 e. The zero-order chi connectivity index (χ0) is 12.4. The Hall–Kier alpha value is -2.44. The van der Waals surface area contributed by atoms with Gasteiger partial charge in [0.1, 0.15) is 4.92 Å². The average molecular weight is 235 g/mol. The zero-order valence-electron chi connectivity index (χ0n) is 8.99. The van der Waals surface area contributed by atoms with Gasteiger partial charge in [-0.15, -0.1) is 0 Å². The lowest BCUT2D eigenvalue weighted by Gasteiger charge is -2.00. The third-order valence-electron chi connectivity index (χ3n) is 2.25. The molecule has 2 aromatic heterocycles. The number of rotatable bonds is 4. The third-order valence-corrected chi connectivity index (χ3v) is 2.25. The van der Waals surface area contributed by atoms with E-state index in [1.807, 2.05) is 6.92 Å². The Kier molecular flexibility index (Phi) is 2.73. The first kappa shape index (κ1) is 11.1. The molecule has 0 N–H and O–H groups in total. The average Bonchev–Trinajstić information content (AvgIpc) is 2.96. The summed E-state index contributed by atoms with van der Waals surface area (Å²) in [6.45, 7) is 2.45. The van der Waals surface area contributed by atoms with Crippen molar-refractivity contribution in [2.24, 2.45) is 0 Å². The van der Waals surface area contributed by atoms with Crippen molar-refractivity contribution in [2.45, 2.75) is 13.5 Å². The summed E-state index contributed by atoms with van der Waals surface area (Å²) in [4.78, 5) is 25.6. The van der Waals surface area contributed by atoms with Crippen LogP contribution in [0.25, 0.3) is 0 Å². The lowest BCUT2D eigenvalue weighted by molar-refractivity contribution is -0.402. The highest BCUT2D eigenvalue weighted by atomic mass is 16.6. The number of hydrogen-bond acceptors (Lipinski definition) is 5. The molecular formula is C10H9N3O4. The van der Waals surface area contributed by atoms with E-state index in [0.29, 0.717) is 6.54 Å². The number of nitro groups is 1. The van der Waals surface area contributed by atoms with Crippen LogP contribution in [0.5, 0.6) is 0 Å². The molecule has 0 bridgehead atoms. The van der Waals surface area contributed by atoms with E-state index < -0.39 is 16.6 Å². The Bertz CT molecular complexity index is 570. The molecule has 0 saturated carbocycles. The minimum atomic E-state index is -0.691. The number of furan rings is 1. The molecule has 7 nitrogen and oxygen atoms in total. The summed E-state index contributed by atoms with van der Waals surface area (Å²) in [6, 6.07) is 2.42. The second kappa shape index (κ2) is 4.20. The van der Waals surface area contributed by atoms with E-state index in [1.165, 1.54) is 12.3 Å². The van der Waals surface area contributed by atoms with Gasteiger partial charge in [-0.1, -0.05) is 0 Å². The van der Waals surface area contributed by atoms with Crippen molar-refractivity contribution < 1.29 is 14.1 Å². The minimum absolute atomic E-state index is 0.0856. The maximum absolute atomic E-state index is 11.9. The minimum Gasteiger partial charge on any atom is -0.397 e. The van der Waals surface area contributed by atoms with Crippen LogP contribution in [0.4, 0.5) is 5.88 Å². The lowest BCUT2D eigenvalue weighted by Crippen LogP contribution is -2.09. The lowest BCUT2D eigenvalue weighted by atomic mass is 10.3. The van der Waals surface area contributed by atoms with E-state index in [9.17, 15) is 14.9 Å². The largest absolute Gasteiger partial charge is 0.433 e. The van der Waals surface area contributed by atoms with Gasteiger partial charge >= 0.3 is 5.88 Å². The summed E-state index contributed by atoms with van der Waals surface area (Å²) in [7, 11) is 0. The second-order valence-electron chi connectivity index (χ2n) is 3.26. The quantitative estimate of drug-likeness (QED) is 0.456. The monoisotopic (exact) mass is 235 g/mol. The molecule has 88 valence electrons. The zero-order valence-corrected chi connectivity index (χ0v) is 8.99. The van der Waals surface area contributed by atoms with Gasteiger partial charge in [-0.05, 0) is 13.0 Å². The van der Waals surface area contributed by atoms with E-state index in [-0.39, 0.29) is 11.6 Å². The number of carbonyl (C=O) groups excluding carboxylic acids is 1. The molecule has 0 unspecified atom stereocenters. The highest BCUT2D eigenvalue weighted by molar-refractivity contribution is 6.04. The van der Waals surface area contributed by atoms with Crippen LogP contribution >= 0.6 is 0 Å². The Balaban J connectivity index is 2.34. The van der Waals surface area contributed by atoms with Crippen LogP contribution in [0, 0.1) is 10.1 Å². The van der Waals surface area contributed by atoms with Crippen molar-refractivity contribution in [3.63, 3.8) is 0 Å². The number of ketones is 1. The molecule has 0 radical (unpaired) electrons. The van der Waals surface area contributed by atoms with E-state index in [0.717, 1.165) is 6.07 Å². The standard InChI is InChI=1S/C10H9N3O4/c1-2-12-6-5-11-10(12)9(14)7-3-4-8(17-7)13(15)16/h3-6H,2H2,1H3. The number of nitrogens with zero attached hydrogens (tertiary/aromatic N) is 3. The topological polar surface area (TPSA) is 91.2 Å². The first-order valence-electron chi connectivity index (χ1n) is 4.93.